The molecule has 1 aromatic carbocycles. The number of carbonyl (C=O) groups is 1. The van der Waals surface area contributed by atoms with Gasteiger partial charge in [-0.25, -0.2) is 9.50 Å². The molecule has 2 aromatic heterocycles. The van der Waals surface area contributed by atoms with E-state index in [2.05, 4.69) is 20.4 Å². The number of ether oxygens (including phenoxy) is 1. The number of aliphatic hydroxyl groups is 1. The van der Waals surface area contributed by atoms with Crippen LogP contribution in [0.1, 0.15) is 42.0 Å². The van der Waals surface area contributed by atoms with Crippen molar-refractivity contribution in [1.82, 2.24) is 24.9 Å². The van der Waals surface area contributed by atoms with Gasteiger partial charge in [-0.05, 0) is 44.6 Å². The van der Waals surface area contributed by atoms with Crippen molar-refractivity contribution in [3.63, 3.8) is 0 Å². The minimum Gasteiger partial charge on any atom is -0.389 e. The molecule has 0 radical (unpaired) electrons. The molecule has 9 heteroatoms. The van der Waals surface area contributed by atoms with Crippen LogP contribution in [0.4, 0.5) is 0 Å². The Morgan fingerprint density at radius 1 is 1.26 bits per heavy atom. The Balaban J connectivity index is 1.47. The minimum atomic E-state index is -0.767. The van der Waals surface area contributed by atoms with E-state index in [1.807, 2.05) is 57.4 Å². The van der Waals surface area contributed by atoms with Crippen molar-refractivity contribution in [2.45, 2.75) is 51.0 Å². The fourth-order valence-corrected chi connectivity index (χ4v) is 3.67. The van der Waals surface area contributed by atoms with E-state index in [0.29, 0.717) is 23.8 Å². The van der Waals surface area contributed by atoms with Crippen molar-refractivity contribution in [3.05, 3.63) is 52.8 Å². The van der Waals surface area contributed by atoms with E-state index < -0.39 is 6.10 Å². The lowest BCUT2D eigenvalue weighted by Crippen LogP contribution is -2.35. The van der Waals surface area contributed by atoms with Gasteiger partial charge < -0.3 is 15.2 Å². The van der Waals surface area contributed by atoms with Gasteiger partial charge in [0, 0.05) is 24.4 Å². The lowest BCUT2D eigenvalue weighted by molar-refractivity contribution is -0.121. The van der Waals surface area contributed by atoms with E-state index >= 15 is 0 Å². The molecule has 0 bridgehead atoms. The molecule has 31 heavy (non-hydrogen) atoms. The lowest BCUT2D eigenvalue weighted by Gasteiger charge is -2.17. The number of aryl methyl sites for hydroxylation is 2. The standard InChI is InChI=1S/C22H29N5O3S/c1-14-19(15(2)27-21(24-14)25-22(26-27)31-4)10-11-20(29)23-12-18(28)13-30-16(3)17-8-6-5-7-9-17/h5-9,16,18,28H,10-13H2,1-4H3,(H,23,29)/t16-,18-/m0/s1. The van der Waals surface area contributed by atoms with Crippen LogP contribution in [0.15, 0.2) is 35.5 Å². The van der Waals surface area contributed by atoms with E-state index in [-0.39, 0.29) is 25.2 Å². The van der Waals surface area contributed by atoms with Gasteiger partial charge in [-0.15, -0.1) is 5.10 Å². The highest BCUT2D eigenvalue weighted by atomic mass is 32.2. The normalized spacial score (nSPS) is 13.3. The molecule has 2 N–H and O–H groups in total. The largest absolute Gasteiger partial charge is 0.389 e. The van der Waals surface area contributed by atoms with Crippen LogP contribution < -0.4 is 5.32 Å². The molecule has 0 aliphatic rings. The number of thioether (sulfide) groups is 1. The van der Waals surface area contributed by atoms with Crippen molar-refractivity contribution in [2.24, 2.45) is 0 Å². The smallest absolute Gasteiger partial charge is 0.253 e. The van der Waals surface area contributed by atoms with Crippen LogP contribution in [-0.4, -0.2) is 56.1 Å². The number of fused-ring (bicyclic) bond motifs is 1. The Labute approximate surface area is 186 Å². The Morgan fingerprint density at radius 3 is 2.71 bits per heavy atom. The zero-order chi connectivity index (χ0) is 22.4. The maximum atomic E-state index is 12.3. The highest BCUT2D eigenvalue weighted by Crippen LogP contribution is 2.18. The Kier molecular flexibility index (Phi) is 8.00. The fraction of sp³-hybridized carbons (Fsp3) is 0.455. The van der Waals surface area contributed by atoms with Crippen molar-refractivity contribution in [2.75, 3.05) is 19.4 Å². The summed E-state index contributed by atoms with van der Waals surface area (Å²) < 4.78 is 7.43. The number of hydrogen-bond acceptors (Lipinski definition) is 7. The zero-order valence-corrected chi connectivity index (χ0v) is 19.1. The number of aliphatic hydroxyl groups excluding tert-OH is 1. The molecule has 1 amide bonds. The first-order chi connectivity index (χ1) is 14.9. The molecule has 0 unspecified atom stereocenters. The third-order valence-corrected chi connectivity index (χ3v) is 5.69. The van der Waals surface area contributed by atoms with Crippen molar-refractivity contribution < 1.29 is 14.6 Å². The molecular weight excluding hydrogens is 414 g/mol. The number of amides is 1. The van der Waals surface area contributed by atoms with Crippen LogP contribution in [-0.2, 0) is 16.0 Å². The predicted octanol–water partition coefficient (Wildman–Crippen LogP) is 2.65. The number of nitrogens with zero attached hydrogens (tertiary/aromatic N) is 4. The van der Waals surface area contributed by atoms with Crippen LogP contribution in [0.25, 0.3) is 5.78 Å². The van der Waals surface area contributed by atoms with E-state index in [9.17, 15) is 9.90 Å². The maximum absolute atomic E-state index is 12.3. The van der Waals surface area contributed by atoms with Crippen LogP contribution in [0.3, 0.4) is 0 Å². The highest BCUT2D eigenvalue weighted by Gasteiger charge is 2.15. The van der Waals surface area contributed by atoms with Crippen molar-refractivity contribution in [1.29, 1.82) is 0 Å². The summed E-state index contributed by atoms with van der Waals surface area (Å²) in [5.74, 6) is 0.442. The summed E-state index contributed by atoms with van der Waals surface area (Å²) in [6.45, 7) is 6.12. The SMILES string of the molecule is CSc1nc2nc(C)c(CCC(=O)NC[C@H](O)CO[C@@H](C)c3ccccc3)c(C)n2n1. The summed E-state index contributed by atoms with van der Waals surface area (Å²) in [6, 6.07) is 9.82. The van der Waals surface area contributed by atoms with E-state index in [0.717, 1.165) is 22.5 Å². The molecule has 0 spiro atoms. The number of aromatic nitrogens is 4. The molecule has 2 heterocycles. The molecule has 0 saturated heterocycles. The molecule has 8 nitrogen and oxygen atoms in total. The number of benzene rings is 1. The van der Waals surface area contributed by atoms with Gasteiger partial charge in [-0.2, -0.15) is 4.98 Å². The van der Waals surface area contributed by atoms with E-state index in [1.165, 1.54) is 11.8 Å². The molecule has 2 atom stereocenters. The second kappa shape index (κ2) is 10.7. The summed E-state index contributed by atoms with van der Waals surface area (Å²) in [5.41, 5.74) is 3.82. The van der Waals surface area contributed by atoms with Crippen molar-refractivity contribution >= 4 is 23.4 Å². The summed E-state index contributed by atoms with van der Waals surface area (Å²) in [7, 11) is 0. The van der Waals surface area contributed by atoms with Crippen molar-refractivity contribution in [3.8, 4) is 0 Å². The summed E-state index contributed by atoms with van der Waals surface area (Å²) in [5, 5.41) is 18.0. The minimum absolute atomic E-state index is 0.122. The topological polar surface area (TPSA) is 102 Å². The second-order valence-electron chi connectivity index (χ2n) is 7.42. The number of hydrogen-bond donors (Lipinski definition) is 2. The number of carbonyl (C=O) groups excluding carboxylic acids is 1. The van der Waals surface area contributed by atoms with Gasteiger partial charge in [0.05, 0.1) is 18.8 Å². The van der Waals surface area contributed by atoms with Crippen LogP contribution in [0.2, 0.25) is 0 Å². The molecule has 3 rings (SSSR count). The molecule has 0 fully saturated rings. The summed E-state index contributed by atoms with van der Waals surface area (Å²) >= 11 is 1.47. The number of rotatable bonds is 10. The Hall–Kier alpha value is -2.49. The first-order valence-electron chi connectivity index (χ1n) is 10.3. The maximum Gasteiger partial charge on any atom is 0.253 e. The fourth-order valence-electron chi connectivity index (χ4n) is 3.33. The zero-order valence-electron chi connectivity index (χ0n) is 18.3. The van der Waals surface area contributed by atoms with Gasteiger partial charge in [-0.1, -0.05) is 42.1 Å². The summed E-state index contributed by atoms with van der Waals surface area (Å²) in [6.07, 6.45) is 1.87. The van der Waals surface area contributed by atoms with Crippen LogP contribution in [0.5, 0.6) is 0 Å². The molecule has 0 aliphatic heterocycles. The van der Waals surface area contributed by atoms with Gasteiger partial charge >= 0.3 is 0 Å². The molecule has 3 aromatic rings. The quantitative estimate of drug-likeness (QED) is 0.465. The second-order valence-corrected chi connectivity index (χ2v) is 8.19. The molecular formula is C22H29N5O3S. The summed E-state index contributed by atoms with van der Waals surface area (Å²) in [4.78, 5) is 21.2. The average molecular weight is 444 g/mol. The average Bonchev–Trinajstić information content (AvgIpc) is 3.19. The third-order valence-electron chi connectivity index (χ3n) is 5.16. The molecule has 0 saturated carbocycles. The highest BCUT2D eigenvalue weighted by molar-refractivity contribution is 7.98. The van der Waals surface area contributed by atoms with Crippen LogP contribution >= 0.6 is 11.8 Å². The molecule has 166 valence electrons. The number of nitrogens with one attached hydrogen (secondary N) is 1. The Morgan fingerprint density at radius 2 is 2.00 bits per heavy atom. The van der Waals surface area contributed by atoms with Gasteiger partial charge in [-0.3, -0.25) is 4.79 Å². The van der Waals surface area contributed by atoms with Gasteiger partial charge in [0.15, 0.2) is 0 Å². The van der Waals surface area contributed by atoms with E-state index in [1.54, 1.807) is 4.52 Å². The first kappa shape index (κ1) is 23.2. The van der Waals surface area contributed by atoms with Crippen LogP contribution in [0, 0.1) is 13.8 Å². The monoisotopic (exact) mass is 443 g/mol. The molecule has 0 aliphatic carbocycles. The van der Waals surface area contributed by atoms with E-state index in [4.69, 9.17) is 4.74 Å². The predicted molar refractivity (Wildman–Crippen MR) is 120 cm³/mol. The lowest BCUT2D eigenvalue weighted by atomic mass is 10.1. The first-order valence-corrected chi connectivity index (χ1v) is 11.5. The van der Waals surface area contributed by atoms with Gasteiger partial charge in [0.1, 0.15) is 0 Å². The van der Waals surface area contributed by atoms with Gasteiger partial charge in [0.25, 0.3) is 5.78 Å². The third kappa shape index (κ3) is 6.03. The Bertz CT molecular complexity index is 1020. The van der Waals surface area contributed by atoms with Gasteiger partial charge in [0.2, 0.25) is 11.1 Å².